The molecule has 1 aliphatic carbocycles. The van der Waals surface area contributed by atoms with Crippen LogP contribution in [0.5, 0.6) is 0 Å². The molecule has 4 nitrogen and oxygen atoms in total. The minimum absolute atomic E-state index is 0.127. The van der Waals surface area contributed by atoms with Crippen LogP contribution in [0.15, 0.2) is 0 Å². The van der Waals surface area contributed by atoms with E-state index in [1.165, 1.54) is 7.11 Å². The van der Waals surface area contributed by atoms with Crippen LogP contribution in [0.3, 0.4) is 0 Å². The molecule has 0 spiro atoms. The van der Waals surface area contributed by atoms with Gasteiger partial charge in [0, 0.05) is 13.2 Å². The fraction of sp³-hybridized carbons (Fsp3) is 0.923. The Labute approximate surface area is 104 Å². The molecule has 0 bridgehead atoms. The average molecular weight is 243 g/mol. The molecular formula is C13H25NO3. The molecule has 100 valence electrons. The van der Waals surface area contributed by atoms with Crippen LogP contribution in [0.4, 0.5) is 0 Å². The zero-order chi connectivity index (χ0) is 12.7. The first-order valence-corrected chi connectivity index (χ1v) is 6.56. The van der Waals surface area contributed by atoms with E-state index < -0.39 is 5.54 Å². The molecular weight excluding hydrogens is 218 g/mol. The van der Waals surface area contributed by atoms with Crippen molar-refractivity contribution in [2.24, 2.45) is 5.92 Å². The second-order valence-corrected chi connectivity index (χ2v) is 4.70. The third-order valence-electron chi connectivity index (χ3n) is 3.78. The largest absolute Gasteiger partial charge is 0.468 e. The lowest BCUT2D eigenvalue weighted by Gasteiger charge is -2.32. The van der Waals surface area contributed by atoms with E-state index in [0.717, 1.165) is 45.3 Å². The summed E-state index contributed by atoms with van der Waals surface area (Å²) < 4.78 is 10.5. The number of nitrogens with one attached hydrogen (secondary N) is 1. The molecule has 1 saturated carbocycles. The molecule has 0 radical (unpaired) electrons. The Bertz CT molecular complexity index is 245. The predicted octanol–water partition coefficient (Wildman–Crippen LogP) is 1.73. The Morgan fingerprint density at radius 3 is 2.82 bits per heavy atom. The van der Waals surface area contributed by atoms with E-state index in [1.54, 1.807) is 0 Å². The fourth-order valence-corrected chi connectivity index (χ4v) is 2.82. The number of hydrogen-bond donors (Lipinski definition) is 1. The van der Waals surface area contributed by atoms with E-state index >= 15 is 0 Å². The van der Waals surface area contributed by atoms with Gasteiger partial charge in [-0.1, -0.05) is 13.3 Å². The molecule has 1 fully saturated rings. The minimum atomic E-state index is -0.482. The van der Waals surface area contributed by atoms with Crippen molar-refractivity contribution >= 4 is 5.97 Å². The van der Waals surface area contributed by atoms with E-state index in [4.69, 9.17) is 9.47 Å². The van der Waals surface area contributed by atoms with Crippen molar-refractivity contribution in [1.82, 2.24) is 5.32 Å². The van der Waals surface area contributed by atoms with Gasteiger partial charge in [0.1, 0.15) is 5.54 Å². The van der Waals surface area contributed by atoms with Crippen LogP contribution < -0.4 is 5.32 Å². The zero-order valence-corrected chi connectivity index (χ0v) is 11.3. The fourth-order valence-electron chi connectivity index (χ4n) is 2.82. The normalized spacial score (nSPS) is 28.3. The van der Waals surface area contributed by atoms with Gasteiger partial charge in [-0.2, -0.15) is 0 Å². The van der Waals surface area contributed by atoms with E-state index in [1.807, 2.05) is 7.05 Å². The maximum atomic E-state index is 11.9. The number of esters is 1. The van der Waals surface area contributed by atoms with Crippen molar-refractivity contribution in [3.05, 3.63) is 0 Å². The highest BCUT2D eigenvalue weighted by atomic mass is 16.5. The van der Waals surface area contributed by atoms with E-state index in [-0.39, 0.29) is 5.97 Å². The second-order valence-electron chi connectivity index (χ2n) is 4.70. The van der Waals surface area contributed by atoms with Gasteiger partial charge in [0.2, 0.25) is 0 Å². The van der Waals surface area contributed by atoms with Crippen molar-refractivity contribution in [3.63, 3.8) is 0 Å². The highest BCUT2D eigenvalue weighted by Gasteiger charge is 2.48. The minimum Gasteiger partial charge on any atom is -0.468 e. The third kappa shape index (κ3) is 3.19. The molecule has 1 N–H and O–H groups in total. The van der Waals surface area contributed by atoms with Crippen LogP contribution in [-0.4, -0.2) is 38.9 Å². The first-order valence-electron chi connectivity index (χ1n) is 6.56. The summed E-state index contributed by atoms with van der Waals surface area (Å²) in [6, 6.07) is 0. The van der Waals surface area contributed by atoms with E-state index in [2.05, 4.69) is 12.2 Å². The van der Waals surface area contributed by atoms with Crippen LogP contribution >= 0.6 is 0 Å². The number of methoxy groups -OCH3 is 1. The first-order chi connectivity index (χ1) is 8.21. The van der Waals surface area contributed by atoms with Crippen molar-refractivity contribution in [1.29, 1.82) is 0 Å². The number of rotatable bonds is 7. The molecule has 0 aliphatic heterocycles. The van der Waals surface area contributed by atoms with E-state index in [9.17, 15) is 4.79 Å². The number of carbonyl (C=O) groups is 1. The van der Waals surface area contributed by atoms with Crippen LogP contribution in [0, 0.1) is 5.92 Å². The lowest BCUT2D eigenvalue weighted by atomic mass is 9.85. The summed E-state index contributed by atoms with van der Waals surface area (Å²) in [6.45, 7) is 3.64. The van der Waals surface area contributed by atoms with Crippen LogP contribution in [0.2, 0.25) is 0 Å². The van der Waals surface area contributed by atoms with Crippen LogP contribution in [0.1, 0.15) is 39.0 Å². The molecule has 2 atom stereocenters. The molecule has 1 aliphatic rings. The monoisotopic (exact) mass is 243 g/mol. The topological polar surface area (TPSA) is 47.6 Å². The number of hydrogen-bond acceptors (Lipinski definition) is 4. The SMILES string of the molecule is CCCOCCC1CCCC1(NC)C(=O)OC. The highest BCUT2D eigenvalue weighted by molar-refractivity contribution is 5.81. The summed E-state index contributed by atoms with van der Waals surface area (Å²) in [7, 11) is 3.31. The Morgan fingerprint density at radius 2 is 2.24 bits per heavy atom. The smallest absolute Gasteiger partial charge is 0.326 e. The van der Waals surface area contributed by atoms with Gasteiger partial charge in [-0.3, -0.25) is 4.79 Å². The maximum absolute atomic E-state index is 11.9. The van der Waals surface area contributed by atoms with Gasteiger partial charge < -0.3 is 14.8 Å². The molecule has 0 aromatic heterocycles. The number of likely N-dealkylation sites (N-methyl/N-ethyl adjacent to an activating group) is 1. The van der Waals surface area contributed by atoms with Gasteiger partial charge in [-0.25, -0.2) is 0 Å². The standard InChI is InChI=1S/C13H25NO3/c1-4-9-17-10-7-11-6-5-8-13(11,14-2)12(15)16-3/h11,14H,4-10H2,1-3H3. The quantitative estimate of drug-likeness (QED) is 0.546. The van der Waals surface area contributed by atoms with Crippen molar-refractivity contribution in [2.45, 2.75) is 44.6 Å². The molecule has 0 heterocycles. The Hall–Kier alpha value is -0.610. The summed E-state index contributed by atoms with van der Waals surface area (Å²) in [4.78, 5) is 11.9. The van der Waals surface area contributed by atoms with Crippen LogP contribution in [-0.2, 0) is 14.3 Å². The molecule has 0 aromatic rings. The van der Waals surface area contributed by atoms with Gasteiger partial charge in [0.25, 0.3) is 0 Å². The lowest BCUT2D eigenvalue weighted by Crippen LogP contribution is -2.54. The number of carbonyl (C=O) groups excluding carboxylic acids is 1. The zero-order valence-electron chi connectivity index (χ0n) is 11.3. The summed E-state index contributed by atoms with van der Waals surface area (Å²) in [5.41, 5.74) is -0.482. The van der Waals surface area contributed by atoms with Crippen molar-refractivity contribution < 1.29 is 14.3 Å². The summed E-state index contributed by atoms with van der Waals surface area (Å²) in [6.07, 6.45) is 4.99. The molecule has 0 aromatic carbocycles. The summed E-state index contributed by atoms with van der Waals surface area (Å²) >= 11 is 0. The van der Waals surface area contributed by atoms with Gasteiger partial charge in [0.05, 0.1) is 7.11 Å². The van der Waals surface area contributed by atoms with Crippen molar-refractivity contribution in [2.75, 3.05) is 27.4 Å². The van der Waals surface area contributed by atoms with Crippen LogP contribution in [0.25, 0.3) is 0 Å². The predicted molar refractivity (Wildman–Crippen MR) is 66.9 cm³/mol. The highest BCUT2D eigenvalue weighted by Crippen LogP contribution is 2.38. The Kier molecular flexibility index (Phi) is 5.92. The van der Waals surface area contributed by atoms with Gasteiger partial charge >= 0.3 is 5.97 Å². The molecule has 4 heteroatoms. The number of ether oxygens (including phenoxy) is 2. The second kappa shape index (κ2) is 6.97. The van der Waals surface area contributed by atoms with Gasteiger partial charge in [0.15, 0.2) is 0 Å². The van der Waals surface area contributed by atoms with Crippen molar-refractivity contribution in [3.8, 4) is 0 Å². The lowest BCUT2D eigenvalue weighted by molar-refractivity contribution is -0.150. The first kappa shape index (κ1) is 14.5. The Balaban J connectivity index is 2.53. The van der Waals surface area contributed by atoms with Gasteiger partial charge in [-0.15, -0.1) is 0 Å². The maximum Gasteiger partial charge on any atom is 0.326 e. The molecule has 2 unspecified atom stereocenters. The Morgan fingerprint density at radius 1 is 1.47 bits per heavy atom. The average Bonchev–Trinajstić information content (AvgIpc) is 2.78. The molecule has 17 heavy (non-hydrogen) atoms. The summed E-state index contributed by atoms with van der Waals surface area (Å²) in [5.74, 6) is 0.204. The van der Waals surface area contributed by atoms with E-state index in [0.29, 0.717) is 5.92 Å². The molecule has 0 amide bonds. The van der Waals surface area contributed by atoms with Gasteiger partial charge in [-0.05, 0) is 38.6 Å². The summed E-state index contributed by atoms with van der Waals surface area (Å²) in [5, 5.41) is 3.19. The molecule has 0 saturated heterocycles. The third-order valence-corrected chi connectivity index (χ3v) is 3.78. The molecule has 1 rings (SSSR count).